The van der Waals surface area contributed by atoms with Crippen molar-refractivity contribution in [1.82, 2.24) is 10.2 Å². The average Bonchev–Trinajstić information content (AvgIpc) is 2.63. The molecule has 0 radical (unpaired) electrons. The minimum absolute atomic E-state index is 0.0356. The number of nitrogens with one attached hydrogen (secondary N) is 1. The fourth-order valence-electron chi connectivity index (χ4n) is 2.05. The predicted molar refractivity (Wildman–Crippen MR) is 58.4 cm³/mol. The van der Waals surface area contributed by atoms with E-state index < -0.39 is 12.6 Å². The first-order valence-electron chi connectivity index (χ1n) is 5.97. The Morgan fingerprint density at radius 1 is 1.25 bits per heavy atom. The van der Waals surface area contributed by atoms with E-state index >= 15 is 0 Å². The van der Waals surface area contributed by atoms with E-state index in [9.17, 15) is 13.2 Å². The second-order valence-corrected chi connectivity index (χ2v) is 4.68. The van der Waals surface area contributed by atoms with E-state index in [0.29, 0.717) is 12.5 Å². The van der Waals surface area contributed by atoms with Gasteiger partial charge in [-0.05, 0) is 38.4 Å². The molecule has 96 valence electrons. The van der Waals surface area contributed by atoms with Crippen molar-refractivity contribution in [3.63, 3.8) is 0 Å². The van der Waals surface area contributed by atoms with Crippen molar-refractivity contribution in [2.45, 2.75) is 32.4 Å². The molecule has 0 bridgehead atoms. The maximum atomic E-state index is 11.9. The van der Waals surface area contributed by atoms with Gasteiger partial charge in [-0.2, -0.15) is 13.2 Å². The standard InChI is InChI=1S/C11H21F3N2/c1-10(9-16-6-2-3-7-16)8-15-5-4-11(12,13)14/h10,15H,2-9H2,1H3. The van der Waals surface area contributed by atoms with E-state index in [1.54, 1.807) is 0 Å². The third-order valence-corrected chi connectivity index (χ3v) is 2.85. The van der Waals surface area contributed by atoms with Gasteiger partial charge in [0, 0.05) is 13.1 Å². The zero-order chi connectivity index (χ0) is 12.0. The number of alkyl halides is 3. The van der Waals surface area contributed by atoms with Crippen LogP contribution in [0.4, 0.5) is 13.2 Å². The van der Waals surface area contributed by atoms with E-state index in [-0.39, 0.29) is 6.54 Å². The smallest absolute Gasteiger partial charge is 0.316 e. The van der Waals surface area contributed by atoms with Gasteiger partial charge >= 0.3 is 6.18 Å². The summed E-state index contributed by atoms with van der Waals surface area (Å²) in [5.74, 6) is 0.423. The van der Waals surface area contributed by atoms with Gasteiger partial charge in [0.15, 0.2) is 0 Å². The van der Waals surface area contributed by atoms with Crippen LogP contribution >= 0.6 is 0 Å². The van der Waals surface area contributed by atoms with Crippen molar-refractivity contribution in [3.05, 3.63) is 0 Å². The van der Waals surface area contributed by atoms with Crippen molar-refractivity contribution >= 4 is 0 Å². The van der Waals surface area contributed by atoms with Crippen LogP contribution in [0.25, 0.3) is 0 Å². The van der Waals surface area contributed by atoms with Crippen LogP contribution in [0.15, 0.2) is 0 Å². The van der Waals surface area contributed by atoms with Gasteiger partial charge in [-0.3, -0.25) is 0 Å². The Morgan fingerprint density at radius 2 is 1.88 bits per heavy atom. The number of likely N-dealkylation sites (tertiary alicyclic amines) is 1. The Balaban J connectivity index is 1.99. The molecule has 1 fully saturated rings. The first kappa shape index (κ1) is 13.8. The number of hydrogen-bond donors (Lipinski definition) is 1. The van der Waals surface area contributed by atoms with Crippen LogP contribution in [0.1, 0.15) is 26.2 Å². The molecule has 0 amide bonds. The van der Waals surface area contributed by atoms with E-state index in [2.05, 4.69) is 17.1 Å². The van der Waals surface area contributed by atoms with E-state index in [4.69, 9.17) is 0 Å². The summed E-state index contributed by atoms with van der Waals surface area (Å²) in [6.45, 7) is 6.08. The first-order chi connectivity index (χ1) is 7.47. The van der Waals surface area contributed by atoms with Gasteiger partial charge < -0.3 is 10.2 Å². The van der Waals surface area contributed by atoms with Crippen molar-refractivity contribution in [3.8, 4) is 0 Å². The summed E-state index contributed by atoms with van der Waals surface area (Å²) < 4.78 is 35.6. The van der Waals surface area contributed by atoms with Gasteiger partial charge in [0.25, 0.3) is 0 Å². The van der Waals surface area contributed by atoms with Gasteiger partial charge in [0.05, 0.1) is 6.42 Å². The lowest BCUT2D eigenvalue weighted by molar-refractivity contribution is -0.133. The minimum Gasteiger partial charge on any atom is -0.316 e. The summed E-state index contributed by atoms with van der Waals surface area (Å²) in [5.41, 5.74) is 0. The molecule has 5 heteroatoms. The lowest BCUT2D eigenvalue weighted by atomic mass is 10.1. The molecule has 1 rings (SSSR count). The fraction of sp³-hybridized carbons (Fsp3) is 1.00. The molecule has 1 aliphatic rings. The Labute approximate surface area is 95.2 Å². The zero-order valence-electron chi connectivity index (χ0n) is 9.82. The van der Waals surface area contributed by atoms with Gasteiger partial charge in [0.2, 0.25) is 0 Å². The molecule has 1 saturated heterocycles. The average molecular weight is 238 g/mol. The quantitative estimate of drug-likeness (QED) is 0.714. The summed E-state index contributed by atoms with van der Waals surface area (Å²) in [6.07, 6.45) is -2.25. The summed E-state index contributed by atoms with van der Waals surface area (Å²) in [6, 6.07) is 0. The van der Waals surface area contributed by atoms with Gasteiger partial charge in [0.1, 0.15) is 0 Å². The molecule has 0 aliphatic carbocycles. The fourth-order valence-corrected chi connectivity index (χ4v) is 2.05. The van der Waals surface area contributed by atoms with E-state index in [1.807, 2.05) is 0 Å². The van der Waals surface area contributed by atoms with E-state index in [1.165, 1.54) is 12.8 Å². The van der Waals surface area contributed by atoms with Crippen LogP contribution < -0.4 is 5.32 Å². The lowest BCUT2D eigenvalue weighted by Crippen LogP contribution is -2.33. The Hall–Kier alpha value is -0.290. The molecule has 1 unspecified atom stereocenters. The molecule has 0 aromatic heterocycles. The Morgan fingerprint density at radius 3 is 2.44 bits per heavy atom. The van der Waals surface area contributed by atoms with Crippen LogP contribution in [-0.4, -0.2) is 43.8 Å². The van der Waals surface area contributed by atoms with Crippen molar-refractivity contribution < 1.29 is 13.2 Å². The molecule has 0 aromatic rings. The SMILES string of the molecule is CC(CNCCC(F)(F)F)CN1CCCC1. The molecule has 0 spiro atoms. The van der Waals surface area contributed by atoms with Crippen LogP contribution in [0, 0.1) is 5.92 Å². The largest absolute Gasteiger partial charge is 0.390 e. The van der Waals surface area contributed by atoms with Gasteiger partial charge in [-0.1, -0.05) is 6.92 Å². The highest BCUT2D eigenvalue weighted by Crippen LogP contribution is 2.18. The van der Waals surface area contributed by atoms with Gasteiger partial charge in [-0.15, -0.1) is 0 Å². The highest BCUT2D eigenvalue weighted by Gasteiger charge is 2.26. The van der Waals surface area contributed by atoms with E-state index in [0.717, 1.165) is 19.6 Å². The maximum Gasteiger partial charge on any atom is 0.390 e. The second-order valence-electron chi connectivity index (χ2n) is 4.68. The number of halogens is 3. The Bertz CT molecular complexity index is 188. The van der Waals surface area contributed by atoms with Crippen molar-refractivity contribution in [2.24, 2.45) is 5.92 Å². The molecule has 1 N–H and O–H groups in total. The molecule has 2 nitrogen and oxygen atoms in total. The van der Waals surface area contributed by atoms with Gasteiger partial charge in [-0.25, -0.2) is 0 Å². The third kappa shape index (κ3) is 6.33. The topological polar surface area (TPSA) is 15.3 Å². The highest BCUT2D eigenvalue weighted by molar-refractivity contribution is 4.70. The second kappa shape index (κ2) is 6.45. The van der Waals surface area contributed by atoms with Crippen molar-refractivity contribution in [1.29, 1.82) is 0 Å². The molecular formula is C11H21F3N2. The lowest BCUT2D eigenvalue weighted by Gasteiger charge is -2.20. The third-order valence-electron chi connectivity index (χ3n) is 2.85. The molecule has 0 saturated carbocycles. The maximum absolute atomic E-state index is 11.9. The van der Waals surface area contributed by atoms with Crippen LogP contribution in [0.2, 0.25) is 0 Å². The molecular weight excluding hydrogens is 217 g/mol. The molecule has 0 aromatic carbocycles. The first-order valence-corrected chi connectivity index (χ1v) is 5.97. The molecule has 1 aliphatic heterocycles. The molecule has 16 heavy (non-hydrogen) atoms. The zero-order valence-corrected chi connectivity index (χ0v) is 9.82. The highest BCUT2D eigenvalue weighted by atomic mass is 19.4. The normalized spacial score (nSPS) is 20.2. The Kier molecular flexibility index (Phi) is 5.55. The predicted octanol–water partition coefficient (Wildman–Crippen LogP) is 2.26. The number of hydrogen-bond acceptors (Lipinski definition) is 2. The summed E-state index contributed by atoms with van der Waals surface area (Å²) in [7, 11) is 0. The van der Waals surface area contributed by atoms with Crippen molar-refractivity contribution in [2.75, 3.05) is 32.7 Å². The minimum atomic E-state index is -4.04. The van der Waals surface area contributed by atoms with Crippen LogP contribution in [0.3, 0.4) is 0 Å². The van der Waals surface area contributed by atoms with Crippen LogP contribution in [0.5, 0.6) is 0 Å². The summed E-state index contributed by atoms with van der Waals surface area (Å²) in [5, 5.41) is 2.87. The summed E-state index contributed by atoms with van der Waals surface area (Å²) in [4.78, 5) is 2.39. The van der Waals surface area contributed by atoms with Crippen LogP contribution in [-0.2, 0) is 0 Å². The summed E-state index contributed by atoms with van der Waals surface area (Å²) >= 11 is 0. The number of rotatable bonds is 6. The molecule has 1 heterocycles. The molecule has 1 atom stereocenters. The number of nitrogens with zero attached hydrogens (tertiary/aromatic N) is 1. The monoisotopic (exact) mass is 238 g/mol.